The summed E-state index contributed by atoms with van der Waals surface area (Å²) in [4.78, 5) is 25.6. The molecule has 0 aromatic carbocycles. The second-order valence-electron chi connectivity index (χ2n) is 4.69. The number of H-pyrrole nitrogens is 1. The van der Waals surface area contributed by atoms with Crippen LogP contribution in [0.5, 0.6) is 0 Å². The number of aromatic nitrogens is 2. The highest BCUT2D eigenvalue weighted by atomic mass is 16.5. The highest BCUT2D eigenvalue weighted by Gasteiger charge is 2.35. The molecular formula is C12H18N2O5. The molecule has 1 aliphatic rings. The minimum absolute atomic E-state index is 0.211. The minimum atomic E-state index is -0.816. The normalized spacial score (nSPS) is 26.8. The lowest BCUT2D eigenvalue weighted by molar-refractivity contribution is -0.0460. The maximum absolute atomic E-state index is 11.8. The molecule has 0 spiro atoms. The lowest BCUT2D eigenvalue weighted by Crippen LogP contribution is -2.34. The molecule has 2 heterocycles. The summed E-state index contributed by atoms with van der Waals surface area (Å²) >= 11 is 0. The van der Waals surface area contributed by atoms with Gasteiger partial charge in [-0.25, -0.2) is 4.79 Å². The van der Waals surface area contributed by atoms with Gasteiger partial charge in [0, 0.05) is 18.2 Å². The first-order chi connectivity index (χ1) is 9.06. The number of aromatic amines is 1. The Morgan fingerprint density at radius 1 is 1.53 bits per heavy atom. The fraction of sp³-hybridized carbons (Fsp3) is 0.667. The maximum Gasteiger partial charge on any atom is 0.330 e. The number of aryl methyl sites for hydroxylation is 1. The van der Waals surface area contributed by atoms with Crippen molar-refractivity contribution in [3.63, 3.8) is 0 Å². The van der Waals surface area contributed by atoms with Crippen molar-refractivity contribution in [2.45, 2.75) is 44.6 Å². The van der Waals surface area contributed by atoms with Crippen molar-refractivity contribution in [3.05, 3.63) is 32.6 Å². The van der Waals surface area contributed by atoms with Crippen molar-refractivity contribution in [1.82, 2.24) is 9.55 Å². The fourth-order valence-electron chi connectivity index (χ4n) is 2.24. The van der Waals surface area contributed by atoms with E-state index in [0.29, 0.717) is 12.0 Å². The second kappa shape index (κ2) is 5.68. The van der Waals surface area contributed by atoms with Gasteiger partial charge in [0.05, 0.1) is 12.7 Å². The monoisotopic (exact) mass is 270 g/mol. The molecule has 1 fully saturated rings. The molecule has 0 unspecified atom stereocenters. The van der Waals surface area contributed by atoms with Crippen LogP contribution in [-0.4, -0.2) is 38.6 Å². The molecule has 0 aliphatic carbocycles. The maximum atomic E-state index is 11.8. The molecule has 19 heavy (non-hydrogen) atoms. The summed E-state index contributed by atoms with van der Waals surface area (Å²) in [6.07, 6.45) is 0.863. The Hall–Kier alpha value is -1.44. The number of rotatable bonds is 4. The van der Waals surface area contributed by atoms with Crippen LogP contribution in [0, 0.1) is 0 Å². The third kappa shape index (κ3) is 2.78. The van der Waals surface area contributed by atoms with Gasteiger partial charge in [-0.15, -0.1) is 0 Å². The van der Waals surface area contributed by atoms with Gasteiger partial charge in [-0.1, -0.05) is 13.3 Å². The zero-order valence-corrected chi connectivity index (χ0v) is 10.7. The van der Waals surface area contributed by atoms with Crippen molar-refractivity contribution in [2.24, 2.45) is 0 Å². The van der Waals surface area contributed by atoms with Crippen LogP contribution in [-0.2, 0) is 11.2 Å². The van der Waals surface area contributed by atoms with Gasteiger partial charge in [-0.05, 0) is 6.42 Å². The molecule has 7 nitrogen and oxygen atoms in total. The smallest absolute Gasteiger partial charge is 0.330 e. The van der Waals surface area contributed by atoms with Crippen LogP contribution in [0.4, 0.5) is 0 Å². The van der Waals surface area contributed by atoms with Crippen LogP contribution < -0.4 is 11.2 Å². The standard InChI is InChI=1S/C12H18N2O5/c1-2-3-7-5-14(12(18)13-11(7)17)10-4-8(16)9(6-15)19-10/h5,8-10,15-16H,2-4,6H2,1H3,(H,13,17,18)/t8-,9+,10-/m0/s1. The van der Waals surface area contributed by atoms with E-state index in [0.717, 1.165) is 6.42 Å². The molecule has 3 N–H and O–H groups in total. The Kier molecular flexibility index (Phi) is 4.18. The summed E-state index contributed by atoms with van der Waals surface area (Å²) < 4.78 is 6.67. The predicted molar refractivity (Wildman–Crippen MR) is 66.9 cm³/mol. The van der Waals surface area contributed by atoms with E-state index < -0.39 is 24.1 Å². The van der Waals surface area contributed by atoms with Gasteiger partial charge in [-0.2, -0.15) is 0 Å². The van der Waals surface area contributed by atoms with Crippen LogP contribution in [0.1, 0.15) is 31.6 Å². The minimum Gasteiger partial charge on any atom is -0.394 e. The van der Waals surface area contributed by atoms with E-state index in [-0.39, 0.29) is 18.6 Å². The zero-order valence-electron chi connectivity index (χ0n) is 10.7. The third-order valence-corrected chi connectivity index (χ3v) is 3.26. The summed E-state index contributed by atoms with van der Waals surface area (Å²) in [5.41, 5.74) is -0.450. The Morgan fingerprint density at radius 2 is 2.26 bits per heavy atom. The Balaban J connectivity index is 2.33. The summed E-state index contributed by atoms with van der Waals surface area (Å²) in [6.45, 7) is 1.63. The Morgan fingerprint density at radius 3 is 2.84 bits per heavy atom. The van der Waals surface area contributed by atoms with E-state index in [4.69, 9.17) is 9.84 Å². The van der Waals surface area contributed by atoms with Crippen LogP contribution in [0.15, 0.2) is 15.8 Å². The zero-order chi connectivity index (χ0) is 14.0. The molecular weight excluding hydrogens is 252 g/mol. The lowest BCUT2D eigenvalue weighted by Gasteiger charge is -2.15. The topological polar surface area (TPSA) is 105 Å². The highest BCUT2D eigenvalue weighted by molar-refractivity contribution is 5.05. The largest absolute Gasteiger partial charge is 0.394 e. The summed E-state index contributed by atoms with van der Waals surface area (Å²) in [5.74, 6) is 0. The van der Waals surface area contributed by atoms with Gasteiger partial charge in [-0.3, -0.25) is 14.3 Å². The number of hydrogen-bond acceptors (Lipinski definition) is 5. The average Bonchev–Trinajstić information content (AvgIpc) is 2.74. The lowest BCUT2D eigenvalue weighted by atomic mass is 10.2. The van der Waals surface area contributed by atoms with Gasteiger partial charge in [0.25, 0.3) is 5.56 Å². The van der Waals surface area contributed by atoms with E-state index in [1.807, 2.05) is 6.92 Å². The Bertz CT molecular complexity index is 550. The van der Waals surface area contributed by atoms with Crippen molar-refractivity contribution < 1.29 is 14.9 Å². The molecule has 1 aromatic heterocycles. The van der Waals surface area contributed by atoms with Gasteiger partial charge in [0.15, 0.2) is 0 Å². The summed E-state index contributed by atoms with van der Waals surface area (Å²) in [5, 5.41) is 18.7. The third-order valence-electron chi connectivity index (χ3n) is 3.26. The second-order valence-corrected chi connectivity index (χ2v) is 4.69. The molecule has 0 bridgehead atoms. The van der Waals surface area contributed by atoms with Crippen molar-refractivity contribution in [2.75, 3.05) is 6.61 Å². The van der Waals surface area contributed by atoms with Crippen LogP contribution in [0.3, 0.4) is 0 Å². The number of aliphatic hydroxyl groups is 2. The van der Waals surface area contributed by atoms with Crippen molar-refractivity contribution >= 4 is 0 Å². The molecule has 1 saturated heterocycles. The molecule has 7 heteroatoms. The van der Waals surface area contributed by atoms with Gasteiger partial charge >= 0.3 is 5.69 Å². The van der Waals surface area contributed by atoms with Crippen molar-refractivity contribution in [3.8, 4) is 0 Å². The average molecular weight is 270 g/mol. The molecule has 1 aromatic rings. The first-order valence-electron chi connectivity index (χ1n) is 6.35. The first-order valence-corrected chi connectivity index (χ1v) is 6.35. The number of ether oxygens (including phenoxy) is 1. The fourth-order valence-corrected chi connectivity index (χ4v) is 2.24. The van der Waals surface area contributed by atoms with Crippen LogP contribution >= 0.6 is 0 Å². The Labute approximate surface area is 109 Å². The van der Waals surface area contributed by atoms with Gasteiger partial charge in [0.2, 0.25) is 0 Å². The predicted octanol–water partition coefficient (Wildman–Crippen LogP) is -0.870. The van der Waals surface area contributed by atoms with E-state index in [1.165, 1.54) is 10.8 Å². The van der Waals surface area contributed by atoms with E-state index in [1.54, 1.807) is 0 Å². The number of aliphatic hydroxyl groups excluding tert-OH is 2. The van der Waals surface area contributed by atoms with Crippen LogP contribution in [0.2, 0.25) is 0 Å². The summed E-state index contributed by atoms with van der Waals surface area (Å²) in [7, 11) is 0. The number of nitrogens with one attached hydrogen (secondary N) is 1. The summed E-state index contributed by atoms with van der Waals surface area (Å²) in [6, 6.07) is 0. The highest BCUT2D eigenvalue weighted by Crippen LogP contribution is 2.27. The first kappa shape index (κ1) is 14.0. The van der Waals surface area contributed by atoms with Gasteiger partial charge in [0.1, 0.15) is 12.3 Å². The molecule has 106 valence electrons. The van der Waals surface area contributed by atoms with E-state index in [9.17, 15) is 14.7 Å². The molecule has 2 rings (SSSR count). The molecule has 0 amide bonds. The quantitative estimate of drug-likeness (QED) is 0.659. The molecule has 1 aliphatic heterocycles. The molecule has 0 radical (unpaired) electrons. The number of hydrogen-bond donors (Lipinski definition) is 3. The van der Waals surface area contributed by atoms with Gasteiger partial charge < -0.3 is 14.9 Å². The van der Waals surface area contributed by atoms with Crippen molar-refractivity contribution in [1.29, 1.82) is 0 Å². The molecule has 3 atom stereocenters. The van der Waals surface area contributed by atoms with E-state index >= 15 is 0 Å². The number of nitrogens with zero attached hydrogens (tertiary/aromatic N) is 1. The van der Waals surface area contributed by atoms with E-state index in [2.05, 4.69) is 4.98 Å². The SMILES string of the molecule is CCCc1cn([C@@H]2C[C@H](O)[C@@H](CO)O2)c(=O)[nH]c1=O. The van der Waals surface area contributed by atoms with Crippen LogP contribution in [0.25, 0.3) is 0 Å². The molecule has 0 saturated carbocycles.